The zero-order chi connectivity index (χ0) is 10.7. The second-order valence-corrected chi connectivity index (χ2v) is 3.39. The Morgan fingerprint density at radius 1 is 1.53 bits per heavy atom. The third-order valence-electron chi connectivity index (χ3n) is 2.14. The molecule has 0 spiro atoms. The molecule has 0 saturated heterocycles. The van der Waals surface area contributed by atoms with Crippen LogP contribution >= 0.6 is 0 Å². The van der Waals surface area contributed by atoms with E-state index < -0.39 is 0 Å². The largest absolute Gasteiger partial charge is 0.382 e. The topological polar surface area (TPSA) is 70.8 Å². The minimum atomic E-state index is 0.518. The molecule has 0 aliphatic rings. The van der Waals surface area contributed by atoms with Gasteiger partial charge in [0.05, 0.1) is 24.1 Å². The molecule has 2 rings (SSSR count). The highest BCUT2D eigenvalue weighted by atomic mass is 15.2. The normalized spacial score (nSPS) is 10.2. The van der Waals surface area contributed by atoms with Crippen molar-refractivity contribution < 1.29 is 0 Å². The first-order valence-electron chi connectivity index (χ1n) is 4.66. The fourth-order valence-corrected chi connectivity index (χ4v) is 1.39. The quantitative estimate of drug-likeness (QED) is 0.781. The zero-order valence-electron chi connectivity index (χ0n) is 8.51. The van der Waals surface area contributed by atoms with Gasteiger partial charge in [-0.15, -0.1) is 0 Å². The van der Waals surface area contributed by atoms with E-state index in [0.717, 1.165) is 17.9 Å². The lowest BCUT2D eigenvalue weighted by molar-refractivity contribution is 0.867. The molecule has 0 fully saturated rings. The number of nitrogens with two attached hydrogens (primary N) is 1. The molecular formula is C10H13N5. The number of nitrogens with zero attached hydrogens (tertiary/aromatic N) is 3. The first kappa shape index (κ1) is 9.51. The van der Waals surface area contributed by atoms with Crippen molar-refractivity contribution in [1.29, 1.82) is 0 Å². The van der Waals surface area contributed by atoms with E-state index in [1.54, 1.807) is 6.20 Å². The van der Waals surface area contributed by atoms with Gasteiger partial charge in [0.1, 0.15) is 5.82 Å². The fraction of sp³-hybridized carbons (Fsp3) is 0.200. The van der Waals surface area contributed by atoms with Gasteiger partial charge in [0.2, 0.25) is 0 Å². The Kier molecular flexibility index (Phi) is 2.53. The zero-order valence-corrected chi connectivity index (χ0v) is 8.51. The van der Waals surface area contributed by atoms with Crippen molar-refractivity contribution >= 4 is 11.5 Å². The maximum Gasteiger partial charge on any atom is 0.145 e. The minimum Gasteiger partial charge on any atom is -0.382 e. The predicted molar refractivity (Wildman–Crippen MR) is 59.3 cm³/mol. The van der Waals surface area contributed by atoms with Crippen LogP contribution in [0.15, 0.2) is 30.6 Å². The van der Waals surface area contributed by atoms with E-state index in [1.165, 1.54) is 0 Å². The van der Waals surface area contributed by atoms with Gasteiger partial charge in [-0.1, -0.05) is 0 Å². The van der Waals surface area contributed by atoms with Gasteiger partial charge in [0.25, 0.3) is 0 Å². The van der Waals surface area contributed by atoms with Crippen molar-refractivity contribution in [3.63, 3.8) is 0 Å². The fourth-order valence-electron chi connectivity index (χ4n) is 1.39. The summed E-state index contributed by atoms with van der Waals surface area (Å²) >= 11 is 0. The molecule has 15 heavy (non-hydrogen) atoms. The van der Waals surface area contributed by atoms with E-state index in [9.17, 15) is 0 Å². The molecule has 2 aromatic heterocycles. The van der Waals surface area contributed by atoms with Crippen LogP contribution in [-0.4, -0.2) is 22.2 Å². The van der Waals surface area contributed by atoms with Crippen LogP contribution in [0.2, 0.25) is 0 Å². The molecule has 0 atom stereocenters. The number of nitrogens with one attached hydrogen (secondary N) is 1. The summed E-state index contributed by atoms with van der Waals surface area (Å²) in [6.45, 7) is 0.732. The summed E-state index contributed by atoms with van der Waals surface area (Å²) in [5, 5.41) is 6.74. The number of aromatic amines is 1. The van der Waals surface area contributed by atoms with Gasteiger partial charge in [0.15, 0.2) is 0 Å². The molecule has 0 saturated carbocycles. The van der Waals surface area contributed by atoms with Crippen LogP contribution < -0.4 is 10.6 Å². The lowest BCUT2D eigenvalue weighted by Crippen LogP contribution is -2.16. The molecule has 0 radical (unpaired) electrons. The highest BCUT2D eigenvalue weighted by molar-refractivity contribution is 5.43. The Hall–Kier alpha value is -2.04. The third-order valence-corrected chi connectivity index (χ3v) is 2.14. The van der Waals surface area contributed by atoms with Gasteiger partial charge in [-0.2, -0.15) is 5.10 Å². The molecule has 3 N–H and O–H groups in total. The van der Waals surface area contributed by atoms with Gasteiger partial charge < -0.3 is 10.6 Å². The predicted octanol–water partition coefficient (Wildman–Crippen LogP) is 1.02. The van der Waals surface area contributed by atoms with Crippen LogP contribution in [0, 0.1) is 0 Å². The van der Waals surface area contributed by atoms with Crippen LogP contribution in [0.3, 0.4) is 0 Å². The Balaban J connectivity index is 2.07. The van der Waals surface area contributed by atoms with E-state index in [4.69, 9.17) is 5.73 Å². The summed E-state index contributed by atoms with van der Waals surface area (Å²) in [5.41, 5.74) is 7.57. The number of H-pyrrole nitrogens is 1. The number of nitrogen functional groups attached to an aromatic ring is 1. The molecule has 5 nitrogen and oxygen atoms in total. The van der Waals surface area contributed by atoms with Crippen molar-refractivity contribution in [2.75, 3.05) is 17.7 Å². The van der Waals surface area contributed by atoms with Crippen molar-refractivity contribution in [1.82, 2.24) is 15.2 Å². The number of rotatable bonds is 3. The van der Waals surface area contributed by atoms with Crippen LogP contribution in [0.5, 0.6) is 0 Å². The Bertz CT molecular complexity index is 422. The molecule has 0 amide bonds. The lowest BCUT2D eigenvalue weighted by Gasteiger charge is -2.17. The highest BCUT2D eigenvalue weighted by Gasteiger charge is 2.03. The molecule has 78 valence electrons. The minimum absolute atomic E-state index is 0.518. The molecule has 0 aromatic carbocycles. The van der Waals surface area contributed by atoms with Crippen molar-refractivity contribution in [2.24, 2.45) is 0 Å². The number of aromatic nitrogens is 3. The van der Waals surface area contributed by atoms with Crippen molar-refractivity contribution in [3.05, 3.63) is 36.3 Å². The second kappa shape index (κ2) is 4.00. The van der Waals surface area contributed by atoms with Crippen LogP contribution in [0.4, 0.5) is 11.5 Å². The standard InChI is InChI=1S/C10H13N5/c1-15(9-3-2-4-12-6-9)7-8-5-10(11)14-13-8/h2-6H,7H2,1H3,(H3,11,13,14). The molecule has 0 bridgehead atoms. The van der Waals surface area contributed by atoms with Crippen molar-refractivity contribution in [3.8, 4) is 0 Å². The van der Waals surface area contributed by atoms with E-state index in [0.29, 0.717) is 5.82 Å². The van der Waals surface area contributed by atoms with E-state index in [-0.39, 0.29) is 0 Å². The molecule has 0 aliphatic carbocycles. The second-order valence-electron chi connectivity index (χ2n) is 3.39. The monoisotopic (exact) mass is 203 g/mol. The van der Waals surface area contributed by atoms with Gasteiger partial charge in [-0.05, 0) is 12.1 Å². The molecule has 2 heterocycles. The number of anilines is 2. The summed E-state index contributed by atoms with van der Waals surface area (Å²) in [4.78, 5) is 6.13. The Morgan fingerprint density at radius 3 is 3.00 bits per heavy atom. The molecule has 0 unspecified atom stereocenters. The average Bonchev–Trinajstić information content (AvgIpc) is 2.65. The van der Waals surface area contributed by atoms with E-state index >= 15 is 0 Å². The summed E-state index contributed by atoms with van der Waals surface area (Å²) in [6, 6.07) is 5.74. The van der Waals surface area contributed by atoms with Gasteiger partial charge >= 0.3 is 0 Å². The summed E-state index contributed by atoms with van der Waals surface area (Å²) in [5.74, 6) is 0.518. The maximum absolute atomic E-state index is 5.52. The van der Waals surface area contributed by atoms with Crippen LogP contribution in [0.1, 0.15) is 5.69 Å². The summed E-state index contributed by atoms with van der Waals surface area (Å²) in [7, 11) is 1.99. The molecule has 0 aliphatic heterocycles. The van der Waals surface area contributed by atoms with Crippen LogP contribution in [-0.2, 0) is 6.54 Å². The van der Waals surface area contributed by atoms with Gasteiger partial charge in [-0.3, -0.25) is 10.1 Å². The number of pyridine rings is 1. The highest BCUT2D eigenvalue weighted by Crippen LogP contribution is 2.12. The summed E-state index contributed by atoms with van der Waals surface area (Å²) < 4.78 is 0. The molecule has 5 heteroatoms. The Labute approximate surface area is 87.9 Å². The summed E-state index contributed by atoms with van der Waals surface area (Å²) in [6.07, 6.45) is 3.57. The molecule has 2 aromatic rings. The van der Waals surface area contributed by atoms with E-state index in [1.807, 2.05) is 31.4 Å². The van der Waals surface area contributed by atoms with Crippen molar-refractivity contribution in [2.45, 2.75) is 6.54 Å². The Morgan fingerprint density at radius 2 is 2.40 bits per heavy atom. The SMILES string of the molecule is CN(Cc1cc(N)n[nH]1)c1cccnc1. The van der Waals surface area contributed by atoms with E-state index in [2.05, 4.69) is 20.1 Å². The first-order chi connectivity index (χ1) is 7.25. The molecular weight excluding hydrogens is 190 g/mol. The number of hydrogen-bond donors (Lipinski definition) is 2. The first-order valence-corrected chi connectivity index (χ1v) is 4.66. The average molecular weight is 203 g/mol. The number of hydrogen-bond acceptors (Lipinski definition) is 4. The smallest absolute Gasteiger partial charge is 0.145 e. The van der Waals surface area contributed by atoms with Gasteiger partial charge in [0, 0.05) is 19.3 Å². The lowest BCUT2D eigenvalue weighted by atomic mass is 10.3. The third kappa shape index (κ3) is 2.25. The maximum atomic E-state index is 5.52. The van der Waals surface area contributed by atoms with Crippen LogP contribution in [0.25, 0.3) is 0 Å². The van der Waals surface area contributed by atoms with Gasteiger partial charge in [-0.25, -0.2) is 0 Å².